The fourth-order valence-corrected chi connectivity index (χ4v) is 5.35. The van der Waals surface area contributed by atoms with Crippen LogP contribution in [0, 0.1) is 5.41 Å². The second-order valence-electron chi connectivity index (χ2n) is 5.76. The van der Waals surface area contributed by atoms with Crippen molar-refractivity contribution >= 4 is 41.4 Å². The van der Waals surface area contributed by atoms with Crippen LogP contribution in [0.25, 0.3) is 0 Å². The Kier molecular flexibility index (Phi) is 4.45. The number of hydrogen-bond donors (Lipinski definition) is 3. The second kappa shape index (κ2) is 6.26. The Hall–Kier alpha value is -1.78. The number of pyridine rings is 1. The first-order valence-electron chi connectivity index (χ1n) is 7.07. The largest absolute Gasteiger partial charge is 0.481 e. The van der Waals surface area contributed by atoms with Crippen LogP contribution in [0.5, 0.6) is 0 Å². The van der Waals surface area contributed by atoms with Crippen LogP contribution in [-0.4, -0.2) is 67.4 Å². The molecule has 1 amide bonds. The van der Waals surface area contributed by atoms with E-state index in [1.54, 1.807) is 0 Å². The number of carbonyl (C=O) groups excluding carboxylic acids is 1. The SMILES string of the molecule is NC1C(=O)N2CC(CSc3cc(C(=O)O)ccn3)(C(=O)O)CS[C@H]12. The van der Waals surface area contributed by atoms with E-state index in [-0.39, 0.29) is 29.1 Å². The van der Waals surface area contributed by atoms with Crippen molar-refractivity contribution in [2.75, 3.05) is 18.1 Å². The Bertz CT molecular complexity index is 715. The maximum absolute atomic E-state index is 11.8. The summed E-state index contributed by atoms with van der Waals surface area (Å²) in [7, 11) is 0. The molecule has 0 radical (unpaired) electrons. The molecule has 0 bridgehead atoms. The van der Waals surface area contributed by atoms with Gasteiger partial charge in [-0.2, -0.15) is 0 Å². The molecule has 0 aliphatic carbocycles. The highest BCUT2D eigenvalue weighted by molar-refractivity contribution is 8.00. The fourth-order valence-electron chi connectivity index (χ4n) is 2.64. The van der Waals surface area contributed by atoms with Gasteiger partial charge in [0.1, 0.15) is 16.8 Å². The number of rotatable bonds is 5. The first-order chi connectivity index (χ1) is 11.3. The van der Waals surface area contributed by atoms with E-state index >= 15 is 0 Å². The fraction of sp³-hybridized carbons (Fsp3) is 0.429. The summed E-state index contributed by atoms with van der Waals surface area (Å²) in [6, 6.07) is 2.23. The van der Waals surface area contributed by atoms with E-state index in [4.69, 9.17) is 10.8 Å². The molecule has 3 atom stereocenters. The number of carboxylic acids is 2. The first-order valence-corrected chi connectivity index (χ1v) is 9.11. The highest BCUT2D eigenvalue weighted by Crippen LogP contribution is 2.43. The van der Waals surface area contributed by atoms with Gasteiger partial charge in [-0.3, -0.25) is 9.59 Å². The van der Waals surface area contributed by atoms with Gasteiger partial charge >= 0.3 is 11.9 Å². The second-order valence-corrected chi connectivity index (χ2v) is 7.86. The number of nitrogens with two attached hydrogens (primary N) is 1. The predicted octanol–water partition coefficient (Wildman–Crippen LogP) is 0.185. The maximum atomic E-state index is 11.8. The summed E-state index contributed by atoms with van der Waals surface area (Å²) in [5, 5.41) is 19.0. The maximum Gasteiger partial charge on any atom is 0.335 e. The Labute approximate surface area is 145 Å². The van der Waals surface area contributed by atoms with Crippen molar-refractivity contribution in [2.24, 2.45) is 11.1 Å². The third-order valence-corrected chi connectivity index (χ3v) is 6.94. The van der Waals surface area contributed by atoms with Crippen molar-refractivity contribution in [1.29, 1.82) is 0 Å². The zero-order chi connectivity index (χ0) is 17.5. The van der Waals surface area contributed by atoms with Gasteiger partial charge in [-0.15, -0.1) is 23.5 Å². The summed E-state index contributed by atoms with van der Waals surface area (Å²) < 4.78 is 0. The summed E-state index contributed by atoms with van der Waals surface area (Å²) >= 11 is 2.55. The van der Waals surface area contributed by atoms with Gasteiger partial charge in [0, 0.05) is 24.2 Å². The van der Waals surface area contributed by atoms with E-state index < -0.39 is 23.4 Å². The molecule has 2 fully saturated rings. The Morgan fingerprint density at radius 3 is 2.92 bits per heavy atom. The summed E-state index contributed by atoms with van der Waals surface area (Å²) in [5.74, 6) is -1.74. The van der Waals surface area contributed by atoms with Crippen LogP contribution in [0.15, 0.2) is 23.4 Å². The van der Waals surface area contributed by atoms with Crippen LogP contribution in [0.2, 0.25) is 0 Å². The first kappa shape index (κ1) is 17.1. The van der Waals surface area contributed by atoms with Gasteiger partial charge in [-0.25, -0.2) is 9.78 Å². The molecule has 2 aliphatic rings. The summed E-state index contributed by atoms with van der Waals surface area (Å²) in [5.41, 5.74) is 4.71. The van der Waals surface area contributed by atoms with Crippen LogP contribution in [-0.2, 0) is 9.59 Å². The topological polar surface area (TPSA) is 134 Å². The number of nitrogens with zero attached hydrogens (tertiary/aromatic N) is 2. The Morgan fingerprint density at radius 2 is 2.25 bits per heavy atom. The van der Waals surface area contributed by atoms with E-state index in [0.29, 0.717) is 10.8 Å². The lowest BCUT2D eigenvalue weighted by Gasteiger charge is -2.52. The van der Waals surface area contributed by atoms with Gasteiger partial charge in [0.25, 0.3) is 0 Å². The number of carboxylic acid groups (broad SMARTS) is 2. The van der Waals surface area contributed by atoms with Crippen molar-refractivity contribution < 1.29 is 24.6 Å². The van der Waals surface area contributed by atoms with Crippen LogP contribution in [0.3, 0.4) is 0 Å². The number of carbonyl (C=O) groups is 3. The van der Waals surface area contributed by atoms with E-state index in [0.717, 1.165) is 0 Å². The van der Waals surface area contributed by atoms with Gasteiger partial charge in [0.2, 0.25) is 5.91 Å². The molecule has 2 unspecified atom stereocenters. The molecule has 2 saturated heterocycles. The van der Waals surface area contributed by atoms with Gasteiger partial charge < -0.3 is 20.8 Å². The van der Waals surface area contributed by atoms with E-state index in [1.165, 1.54) is 46.8 Å². The van der Waals surface area contributed by atoms with Crippen molar-refractivity contribution in [3.63, 3.8) is 0 Å². The molecule has 2 aliphatic heterocycles. The molecule has 0 spiro atoms. The average molecular weight is 369 g/mol. The molecular weight excluding hydrogens is 354 g/mol. The van der Waals surface area contributed by atoms with E-state index in [9.17, 15) is 19.5 Å². The minimum Gasteiger partial charge on any atom is -0.481 e. The Balaban J connectivity index is 1.73. The zero-order valence-electron chi connectivity index (χ0n) is 12.4. The van der Waals surface area contributed by atoms with Crippen molar-refractivity contribution in [3.8, 4) is 0 Å². The third-order valence-electron chi connectivity index (χ3n) is 4.12. The van der Waals surface area contributed by atoms with Gasteiger partial charge in [0.15, 0.2) is 0 Å². The van der Waals surface area contributed by atoms with Crippen LogP contribution < -0.4 is 5.73 Å². The van der Waals surface area contributed by atoms with Crippen LogP contribution in [0.4, 0.5) is 0 Å². The van der Waals surface area contributed by atoms with Gasteiger partial charge in [0.05, 0.1) is 10.6 Å². The lowest BCUT2D eigenvalue weighted by atomic mass is 9.89. The molecule has 4 N–H and O–H groups in total. The monoisotopic (exact) mass is 369 g/mol. The normalized spacial score (nSPS) is 28.9. The van der Waals surface area contributed by atoms with Crippen molar-refractivity contribution in [1.82, 2.24) is 9.88 Å². The number of thioether (sulfide) groups is 2. The van der Waals surface area contributed by atoms with Crippen molar-refractivity contribution in [3.05, 3.63) is 23.9 Å². The zero-order valence-corrected chi connectivity index (χ0v) is 14.0. The number of amides is 1. The Morgan fingerprint density at radius 1 is 1.50 bits per heavy atom. The number of aliphatic carboxylic acids is 1. The molecular formula is C14H15N3O5S2. The molecule has 1 aromatic rings. The molecule has 128 valence electrons. The molecule has 0 aromatic carbocycles. The predicted molar refractivity (Wildman–Crippen MR) is 87.9 cm³/mol. The van der Waals surface area contributed by atoms with Crippen molar-refractivity contribution in [2.45, 2.75) is 16.4 Å². The highest BCUT2D eigenvalue weighted by atomic mass is 32.2. The average Bonchev–Trinajstić information content (AvgIpc) is 2.59. The number of aromatic carboxylic acids is 1. The van der Waals surface area contributed by atoms with Gasteiger partial charge in [-0.1, -0.05) is 0 Å². The molecule has 24 heavy (non-hydrogen) atoms. The third kappa shape index (κ3) is 2.85. The van der Waals surface area contributed by atoms with E-state index in [2.05, 4.69) is 4.98 Å². The summed E-state index contributed by atoms with van der Waals surface area (Å²) in [4.78, 5) is 40.2. The minimum atomic E-state index is -1.11. The lowest BCUT2D eigenvalue weighted by Crippen LogP contribution is -2.72. The summed E-state index contributed by atoms with van der Waals surface area (Å²) in [6.07, 6.45) is 1.38. The smallest absolute Gasteiger partial charge is 0.335 e. The minimum absolute atomic E-state index is 0.0962. The molecule has 1 aromatic heterocycles. The standard InChI is InChI=1S/C14H15N3O5S2/c15-9-10(18)17-4-14(13(21)22,6-24-11(9)17)5-23-8-3-7(12(19)20)1-2-16-8/h1-3,9,11H,4-6,15H2,(H,19,20)(H,21,22)/t9?,11-,14?/m1/s1. The van der Waals surface area contributed by atoms with Gasteiger partial charge in [-0.05, 0) is 12.1 Å². The molecule has 0 saturated carbocycles. The summed E-state index contributed by atoms with van der Waals surface area (Å²) in [6.45, 7) is 0.109. The van der Waals surface area contributed by atoms with Crippen LogP contribution >= 0.6 is 23.5 Å². The number of aromatic nitrogens is 1. The number of hydrogen-bond acceptors (Lipinski definition) is 7. The lowest BCUT2D eigenvalue weighted by molar-refractivity contribution is -0.155. The molecule has 3 rings (SSSR count). The number of fused-ring (bicyclic) bond motifs is 1. The molecule has 3 heterocycles. The molecule has 8 nitrogen and oxygen atoms in total. The highest BCUT2D eigenvalue weighted by Gasteiger charge is 2.55. The van der Waals surface area contributed by atoms with E-state index in [1.807, 2.05) is 0 Å². The number of β-lactam (4-membered cyclic amide) rings is 1. The molecule has 10 heteroatoms. The quantitative estimate of drug-likeness (QED) is 0.491. The van der Waals surface area contributed by atoms with Crippen LogP contribution in [0.1, 0.15) is 10.4 Å².